The number of nitrogens with zero attached hydrogens (tertiary/aromatic N) is 1. The number of ether oxygens (including phenoxy) is 1. The summed E-state index contributed by atoms with van der Waals surface area (Å²) in [4.78, 5) is 12.0. The van der Waals surface area contributed by atoms with Crippen LogP contribution in [0.4, 0.5) is 5.69 Å². The van der Waals surface area contributed by atoms with Gasteiger partial charge in [-0.1, -0.05) is 41.9 Å². The Morgan fingerprint density at radius 2 is 1.89 bits per heavy atom. The molecule has 27 heavy (non-hydrogen) atoms. The molecule has 8 heteroatoms. The van der Waals surface area contributed by atoms with Crippen LogP contribution in [-0.4, -0.2) is 34.2 Å². The molecule has 0 atom stereocenters. The second-order valence-corrected chi connectivity index (χ2v) is 8.33. The van der Waals surface area contributed by atoms with Gasteiger partial charge < -0.3 is 10.1 Å². The molecular weight excluding hydrogens is 388 g/mol. The molecule has 2 aromatic rings. The lowest BCUT2D eigenvalue weighted by Crippen LogP contribution is -2.32. The van der Waals surface area contributed by atoms with Crippen molar-refractivity contribution in [3.05, 3.63) is 59.1 Å². The van der Waals surface area contributed by atoms with Crippen LogP contribution in [0, 0.1) is 0 Å². The van der Waals surface area contributed by atoms with Crippen molar-refractivity contribution in [3.63, 3.8) is 0 Å². The van der Waals surface area contributed by atoms with Crippen LogP contribution < -0.4 is 14.4 Å². The van der Waals surface area contributed by atoms with Gasteiger partial charge >= 0.3 is 0 Å². The standard InChI is InChI=1S/C19H23ClN2O4S/c1-26-18-11-10-16(13-17(18)20)22(27(2,24)25)12-6-9-19(23)21-14-15-7-4-3-5-8-15/h3-5,7-8,10-11,13H,6,9,12,14H2,1-2H3,(H,21,23). The van der Waals surface area contributed by atoms with E-state index in [0.717, 1.165) is 11.8 Å². The van der Waals surface area contributed by atoms with Crippen LogP contribution in [0.15, 0.2) is 48.5 Å². The average molecular weight is 411 g/mol. The van der Waals surface area contributed by atoms with Crippen LogP contribution in [0.1, 0.15) is 18.4 Å². The Labute approximate surface area is 165 Å². The third kappa shape index (κ3) is 6.45. The largest absolute Gasteiger partial charge is 0.495 e. The molecule has 0 aliphatic carbocycles. The fraction of sp³-hybridized carbons (Fsp3) is 0.316. The Morgan fingerprint density at radius 1 is 1.19 bits per heavy atom. The summed E-state index contributed by atoms with van der Waals surface area (Å²) in [6.07, 6.45) is 1.74. The van der Waals surface area contributed by atoms with Gasteiger partial charge in [-0.25, -0.2) is 8.42 Å². The van der Waals surface area contributed by atoms with Gasteiger partial charge in [0, 0.05) is 19.5 Å². The summed E-state index contributed by atoms with van der Waals surface area (Å²) < 4.78 is 30.6. The van der Waals surface area contributed by atoms with Gasteiger partial charge in [-0.05, 0) is 30.2 Å². The van der Waals surface area contributed by atoms with Gasteiger partial charge in [0.1, 0.15) is 5.75 Å². The highest BCUT2D eigenvalue weighted by Crippen LogP contribution is 2.30. The fourth-order valence-electron chi connectivity index (χ4n) is 2.56. The highest BCUT2D eigenvalue weighted by molar-refractivity contribution is 7.92. The summed E-state index contributed by atoms with van der Waals surface area (Å²) in [5, 5.41) is 3.15. The molecule has 1 amide bonds. The number of carbonyl (C=O) groups excluding carboxylic acids is 1. The number of rotatable bonds is 9. The number of hydrogen-bond acceptors (Lipinski definition) is 4. The number of hydrogen-bond donors (Lipinski definition) is 1. The van der Waals surface area contributed by atoms with Gasteiger partial charge in [0.05, 0.1) is 24.1 Å². The van der Waals surface area contributed by atoms with E-state index < -0.39 is 10.0 Å². The Hall–Kier alpha value is -2.25. The molecule has 0 spiro atoms. The maximum Gasteiger partial charge on any atom is 0.232 e. The molecule has 0 heterocycles. The number of anilines is 1. The molecule has 6 nitrogen and oxygen atoms in total. The highest BCUT2D eigenvalue weighted by Gasteiger charge is 2.19. The van der Waals surface area contributed by atoms with Crippen LogP contribution in [0.5, 0.6) is 5.75 Å². The second kappa shape index (κ2) is 9.62. The van der Waals surface area contributed by atoms with Crippen molar-refractivity contribution in [2.24, 2.45) is 0 Å². The van der Waals surface area contributed by atoms with Gasteiger partial charge in [0.15, 0.2) is 0 Å². The van der Waals surface area contributed by atoms with Gasteiger partial charge in [-0.15, -0.1) is 0 Å². The number of methoxy groups -OCH3 is 1. The monoisotopic (exact) mass is 410 g/mol. The van der Waals surface area contributed by atoms with Crippen LogP contribution in [0.25, 0.3) is 0 Å². The lowest BCUT2D eigenvalue weighted by atomic mass is 10.2. The zero-order valence-corrected chi connectivity index (χ0v) is 16.9. The van der Waals surface area contributed by atoms with Gasteiger partial charge in [0.25, 0.3) is 0 Å². The molecule has 1 N–H and O–H groups in total. The molecule has 0 aliphatic rings. The van der Waals surface area contributed by atoms with Crippen LogP contribution in [0.3, 0.4) is 0 Å². The molecule has 0 aromatic heterocycles. The predicted molar refractivity (Wildman–Crippen MR) is 108 cm³/mol. The van der Waals surface area contributed by atoms with E-state index >= 15 is 0 Å². The number of carbonyl (C=O) groups is 1. The summed E-state index contributed by atoms with van der Waals surface area (Å²) in [5.41, 5.74) is 1.45. The number of nitrogens with one attached hydrogen (secondary N) is 1. The summed E-state index contributed by atoms with van der Waals surface area (Å²) in [6, 6.07) is 14.4. The zero-order valence-electron chi connectivity index (χ0n) is 15.3. The molecule has 2 rings (SSSR count). The first-order valence-electron chi connectivity index (χ1n) is 8.43. The Bertz CT molecular complexity index is 873. The molecular formula is C19H23ClN2O4S. The Balaban J connectivity index is 1.93. The van der Waals surface area contributed by atoms with E-state index in [2.05, 4.69) is 5.32 Å². The van der Waals surface area contributed by atoms with Gasteiger partial charge in [0.2, 0.25) is 15.9 Å². The maximum atomic E-state index is 12.1. The summed E-state index contributed by atoms with van der Waals surface area (Å²) in [6.45, 7) is 0.629. The quantitative estimate of drug-likeness (QED) is 0.688. The SMILES string of the molecule is COc1ccc(N(CCCC(=O)NCc2ccccc2)S(C)(=O)=O)cc1Cl. The molecule has 0 saturated heterocycles. The van der Waals surface area contributed by atoms with E-state index in [4.69, 9.17) is 16.3 Å². The number of benzene rings is 2. The first-order valence-corrected chi connectivity index (χ1v) is 10.7. The summed E-state index contributed by atoms with van der Waals surface area (Å²) >= 11 is 6.10. The molecule has 0 aliphatic heterocycles. The van der Waals surface area contributed by atoms with Crippen LogP contribution in [0.2, 0.25) is 5.02 Å². The topological polar surface area (TPSA) is 75.7 Å². The maximum absolute atomic E-state index is 12.1. The molecule has 0 fully saturated rings. The van der Waals surface area contributed by atoms with E-state index in [1.54, 1.807) is 12.1 Å². The minimum atomic E-state index is -3.51. The normalized spacial score (nSPS) is 11.1. The number of halogens is 1. The zero-order chi connectivity index (χ0) is 19.9. The molecule has 0 saturated carbocycles. The smallest absolute Gasteiger partial charge is 0.232 e. The fourth-order valence-corrected chi connectivity index (χ4v) is 3.77. The average Bonchev–Trinajstić information content (AvgIpc) is 2.63. The molecule has 0 unspecified atom stereocenters. The third-order valence-corrected chi connectivity index (χ3v) is 5.41. The first kappa shape index (κ1) is 21.1. The minimum Gasteiger partial charge on any atom is -0.495 e. The lowest BCUT2D eigenvalue weighted by molar-refractivity contribution is -0.121. The van der Waals surface area contributed by atoms with Crippen molar-refractivity contribution >= 4 is 33.2 Å². The van der Waals surface area contributed by atoms with Crippen molar-refractivity contribution in [1.29, 1.82) is 0 Å². The van der Waals surface area contributed by atoms with Crippen molar-refractivity contribution in [2.45, 2.75) is 19.4 Å². The number of sulfonamides is 1. The van der Waals surface area contributed by atoms with Crippen LogP contribution >= 0.6 is 11.6 Å². The molecule has 2 aromatic carbocycles. The van der Waals surface area contributed by atoms with Crippen LogP contribution in [-0.2, 0) is 21.4 Å². The van der Waals surface area contributed by atoms with Gasteiger partial charge in [-0.3, -0.25) is 9.10 Å². The Kier molecular flexibility index (Phi) is 7.50. The van der Waals surface area contributed by atoms with E-state index in [0.29, 0.717) is 29.4 Å². The summed E-state index contributed by atoms with van der Waals surface area (Å²) in [7, 11) is -2.02. The molecule has 146 valence electrons. The molecule has 0 bridgehead atoms. The van der Waals surface area contributed by atoms with Crippen molar-refractivity contribution < 1.29 is 17.9 Å². The number of amides is 1. The van der Waals surface area contributed by atoms with E-state index in [9.17, 15) is 13.2 Å². The second-order valence-electron chi connectivity index (χ2n) is 6.02. The van der Waals surface area contributed by atoms with E-state index in [-0.39, 0.29) is 18.9 Å². The minimum absolute atomic E-state index is 0.125. The van der Waals surface area contributed by atoms with Gasteiger partial charge in [-0.2, -0.15) is 0 Å². The third-order valence-electron chi connectivity index (χ3n) is 3.92. The lowest BCUT2D eigenvalue weighted by Gasteiger charge is -2.23. The van der Waals surface area contributed by atoms with Crippen molar-refractivity contribution in [1.82, 2.24) is 5.32 Å². The van der Waals surface area contributed by atoms with Crippen molar-refractivity contribution in [3.8, 4) is 5.75 Å². The highest BCUT2D eigenvalue weighted by atomic mass is 35.5. The Morgan fingerprint density at radius 3 is 2.48 bits per heavy atom. The summed E-state index contributed by atoms with van der Waals surface area (Å²) in [5.74, 6) is 0.342. The first-order chi connectivity index (χ1) is 12.8. The van der Waals surface area contributed by atoms with Crippen molar-refractivity contribution in [2.75, 3.05) is 24.2 Å². The predicted octanol–water partition coefficient (Wildman–Crippen LogP) is 3.21. The molecule has 0 radical (unpaired) electrons. The van der Waals surface area contributed by atoms with E-state index in [1.165, 1.54) is 17.5 Å². The van der Waals surface area contributed by atoms with E-state index in [1.807, 2.05) is 30.3 Å².